The van der Waals surface area contributed by atoms with Crippen molar-refractivity contribution in [3.63, 3.8) is 0 Å². The van der Waals surface area contributed by atoms with Crippen molar-refractivity contribution in [3.8, 4) is 0 Å². The van der Waals surface area contributed by atoms with Gasteiger partial charge in [0.1, 0.15) is 0 Å². The maximum atomic E-state index is 6.30. The molecule has 100 valence electrons. The van der Waals surface area contributed by atoms with Crippen molar-refractivity contribution in [2.45, 2.75) is 89.5 Å². The second kappa shape index (κ2) is 6.35. The Morgan fingerprint density at radius 1 is 0.647 bits per heavy atom. The molecule has 0 spiro atoms. The summed E-state index contributed by atoms with van der Waals surface area (Å²) in [6.07, 6.45) is 14.2. The quantitative estimate of drug-likeness (QED) is 0.695. The van der Waals surface area contributed by atoms with Crippen molar-refractivity contribution in [1.29, 1.82) is 0 Å². The van der Waals surface area contributed by atoms with Gasteiger partial charge in [0, 0.05) is 12.2 Å². The van der Waals surface area contributed by atoms with E-state index in [1.165, 1.54) is 64.2 Å². The monoisotopic (exact) mass is 256 g/mol. The summed E-state index contributed by atoms with van der Waals surface area (Å²) in [4.78, 5) is 0. The van der Waals surface area contributed by atoms with E-state index in [1.54, 1.807) is 0 Å². The molecule has 3 heteroatoms. The maximum absolute atomic E-state index is 6.30. The zero-order chi connectivity index (χ0) is 12.1. The smallest absolute Gasteiger partial charge is 0.332 e. The van der Waals surface area contributed by atoms with Crippen LogP contribution in [-0.2, 0) is 8.85 Å². The molecule has 0 heterocycles. The molecule has 0 atom stereocenters. The molecule has 0 aliphatic heterocycles. The van der Waals surface area contributed by atoms with Gasteiger partial charge in [0.05, 0.1) is 0 Å². The summed E-state index contributed by atoms with van der Waals surface area (Å²) >= 11 is 0. The summed E-state index contributed by atoms with van der Waals surface area (Å²) in [6.45, 7) is 4.46. The summed E-state index contributed by atoms with van der Waals surface area (Å²) in [5, 5.41) is 0. The first kappa shape index (κ1) is 13.6. The zero-order valence-electron chi connectivity index (χ0n) is 11.5. The Kier molecular flexibility index (Phi) is 5.06. The van der Waals surface area contributed by atoms with E-state index >= 15 is 0 Å². The normalized spacial score (nSPS) is 25.1. The third-order valence-electron chi connectivity index (χ3n) is 4.01. The van der Waals surface area contributed by atoms with Gasteiger partial charge in [-0.1, -0.05) is 38.5 Å². The molecule has 2 nitrogen and oxygen atoms in total. The highest BCUT2D eigenvalue weighted by Crippen LogP contribution is 2.27. The van der Waals surface area contributed by atoms with Gasteiger partial charge >= 0.3 is 8.56 Å². The highest BCUT2D eigenvalue weighted by atomic mass is 28.4. The molecule has 0 aromatic rings. The minimum Gasteiger partial charge on any atom is -0.391 e. The lowest BCUT2D eigenvalue weighted by Crippen LogP contribution is -2.43. The second-order valence-corrected chi connectivity index (χ2v) is 9.43. The van der Waals surface area contributed by atoms with Crippen LogP contribution in [0.15, 0.2) is 0 Å². The van der Waals surface area contributed by atoms with Gasteiger partial charge in [-0.3, -0.25) is 0 Å². The fourth-order valence-corrected chi connectivity index (χ4v) is 5.33. The third-order valence-corrected chi connectivity index (χ3v) is 5.81. The minimum absolute atomic E-state index is 0.494. The molecule has 2 rings (SSSR count). The van der Waals surface area contributed by atoms with E-state index in [2.05, 4.69) is 13.1 Å². The van der Waals surface area contributed by atoms with Crippen LogP contribution in [-0.4, -0.2) is 20.8 Å². The van der Waals surface area contributed by atoms with Crippen LogP contribution in [0.4, 0.5) is 0 Å². The van der Waals surface area contributed by atoms with Crippen molar-refractivity contribution in [3.05, 3.63) is 0 Å². The Hall–Kier alpha value is 0.137. The van der Waals surface area contributed by atoms with E-state index in [-0.39, 0.29) is 0 Å². The maximum Gasteiger partial charge on any atom is 0.332 e. The highest BCUT2D eigenvalue weighted by Gasteiger charge is 2.32. The Balaban J connectivity index is 1.75. The van der Waals surface area contributed by atoms with E-state index in [9.17, 15) is 0 Å². The fourth-order valence-electron chi connectivity index (χ4n) is 3.20. The van der Waals surface area contributed by atoms with E-state index in [1.807, 2.05) is 0 Å². The lowest BCUT2D eigenvalue weighted by molar-refractivity contribution is 0.0536. The number of rotatable bonds is 4. The molecule has 17 heavy (non-hydrogen) atoms. The highest BCUT2D eigenvalue weighted by molar-refractivity contribution is 6.64. The minimum atomic E-state index is -1.88. The molecule has 0 aromatic carbocycles. The van der Waals surface area contributed by atoms with Gasteiger partial charge < -0.3 is 8.85 Å². The first-order chi connectivity index (χ1) is 8.16. The topological polar surface area (TPSA) is 18.5 Å². The van der Waals surface area contributed by atoms with Crippen LogP contribution < -0.4 is 0 Å². The molecule has 2 aliphatic carbocycles. The molecule has 0 N–H and O–H groups in total. The van der Waals surface area contributed by atoms with Gasteiger partial charge in [-0.25, -0.2) is 0 Å². The van der Waals surface area contributed by atoms with Crippen molar-refractivity contribution in [2.75, 3.05) is 0 Å². The molecule has 0 radical (unpaired) electrons. The average Bonchev–Trinajstić information content (AvgIpc) is 2.30. The van der Waals surface area contributed by atoms with Gasteiger partial charge in [-0.05, 0) is 38.8 Å². The second-order valence-electron chi connectivity index (χ2n) is 6.16. The van der Waals surface area contributed by atoms with Crippen molar-refractivity contribution >= 4 is 8.56 Å². The predicted octanol–water partition coefficient (Wildman–Crippen LogP) is 4.39. The van der Waals surface area contributed by atoms with E-state index in [0.717, 1.165) is 0 Å². The summed E-state index contributed by atoms with van der Waals surface area (Å²) in [5.74, 6) is 0. The van der Waals surface area contributed by atoms with Crippen LogP contribution >= 0.6 is 0 Å². The fraction of sp³-hybridized carbons (Fsp3) is 1.00. The Bertz CT molecular complexity index is 196. The van der Waals surface area contributed by atoms with E-state index in [0.29, 0.717) is 12.2 Å². The van der Waals surface area contributed by atoms with Gasteiger partial charge in [0.25, 0.3) is 0 Å². The van der Waals surface area contributed by atoms with E-state index < -0.39 is 8.56 Å². The van der Waals surface area contributed by atoms with Crippen LogP contribution in [0.25, 0.3) is 0 Å². The number of hydrogen-bond acceptors (Lipinski definition) is 2. The van der Waals surface area contributed by atoms with Crippen LogP contribution in [0.1, 0.15) is 64.2 Å². The van der Waals surface area contributed by atoms with Crippen LogP contribution in [0.5, 0.6) is 0 Å². The summed E-state index contributed by atoms with van der Waals surface area (Å²) in [7, 11) is -1.88. The summed E-state index contributed by atoms with van der Waals surface area (Å²) in [5.41, 5.74) is 0. The SMILES string of the molecule is C[Si](C)(OC1CCCCC1)OC1CCCCC1. The molecule has 2 aliphatic rings. The molecular formula is C14H28O2Si. The molecule has 0 bridgehead atoms. The molecular weight excluding hydrogens is 228 g/mol. The lowest BCUT2D eigenvalue weighted by atomic mass is 9.98. The molecule has 2 fully saturated rings. The summed E-state index contributed by atoms with van der Waals surface area (Å²) in [6, 6.07) is 0. The number of hydrogen-bond donors (Lipinski definition) is 0. The first-order valence-corrected chi connectivity index (χ1v) is 10.3. The van der Waals surface area contributed by atoms with Crippen LogP contribution in [0.2, 0.25) is 13.1 Å². The van der Waals surface area contributed by atoms with Gasteiger partial charge in [0.15, 0.2) is 0 Å². The van der Waals surface area contributed by atoms with Crippen LogP contribution in [0.3, 0.4) is 0 Å². The standard InChI is InChI=1S/C14H28O2Si/c1-17(2,15-13-9-5-3-6-10-13)16-14-11-7-4-8-12-14/h13-14H,3-12H2,1-2H3. The van der Waals surface area contributed by atoms with Crippen molar-refractivity contribution < 1.29 is 8.85 Å². The molecule has 0 saturated heterocycles. The average molecular weight is 256 g/mol. The predicted molar refractivity (Wildman–Crippen MR) is 73.4 cm³/mol. The first-order valence-electron chi connectivity index (χ1n) is 7.51. The molecule has 0 amide bonds. The lowest BCUT2D eigenvalue weighted by Gasteiger charge is -2.35. The van der Waals surface area contributed by atoms with Gasteiger partial charge in [-0.2, -0.15) is 0 Å². The zero-order valence-corrected chi connectivity index (χ0v) is 12.5. The Morgan fingerprint density at radius 2 is 1.00 bits per heavy atom. The Labute approximate surface area is 107 Å². The van der Waals surface area contributed by atoms with Gasteiger partial charge in [-0.15, -0.1) is 0 Å². The largest absolute Gasteiger partial charge is 0.391 e. The molecule has 0 aromatic heterocycles. The van der Waals surface area contributed by atoms with Gasteiger partial charge in [0.2, 0.25) is 0 Å². The van der Waals surface area contributed by atoms with E-state index in [4.69, 9.17) is 8.85 Å². The summed E-state index contributed by atoms with van der Waals surface area (Å²) < 4.78 is 12.6. The van der Waals surface area contributed by atoms with Crippen molar-refractivity contribution in [1.82, 2.24) is 0 Å². The third kappa shape index (κ3) is 4.72. The van der Waals surface area contributed by atoms with Crippen molar-refractivity contribution in [2.24, 2.45) is 0 Å². The van der Waals surface area contributed by atoms with Crippen LogP contribution in [0, 0.1) is 0 Å². The Morgan fingerprint density at radius 3 is 1.35 bits per heavy atom. The molecule has 2 saturated carbocycles. The molecule has 0 unspecified atom stereocenters.